The third-order valence-corrected chi connectivity index (χ3v) is 3.21. The van der Waals surface area contributed by atoms with E-state index < -0.39 is 0 Å². The van der Waals surface area contributed by atoms with Crippen LogP contribution < -0.4 is 5.32 Å². The Hall–Kier alpha value is -2.94. The molecule has 0 aliphatic rings. The highest BCUT2D eigenvalue weighted by atomic mass is 16.6. The predicted molar refractivity (Wildman–Crippen MR) is 78.8 cm³/mol. The third-order valence-electron chi connectivity index (χ3n) is 3.21. The van der Waals surface area contributed by atoms with Crippen molar-refractivity contribution >= 4 is 11.4 Å². The molecule has 1 N–H and O–H groups in total. The average molecular weight is 282 g/mol. The van der Waals surface area contributed by atoms with Gasteiger partial charge in [-0.25, -0.2) is 0 Å². The van der Waals surface area contributed by atoms with Gasteiger partial charge in [-0.05, 0) is 32.0 Å². The van der Waals surface area contributed by atoms with Gasteiger partial charge in [-0.15, -0.1) is 0 Å². The summed E-state index contributed by atoms with van der Waals surface area (Å²) < 4.78 is 0. The summed E-state index contributed by atoms with van der Waals surface area (Å²) in [7, 11) is 0. The highest BCUT2D eigenvalue weighted by Gasteiger charge is 2.18. The van der Waals surface area contributed by atoms with E-state index in [4.69, 9.17) is 5.26 Å². The molecule has 0 saturated carbocycles. The van der Waals surface area contributed by atoms with E-state index in [1.54, 1.807) is 32.0 Å². The first-order valence-corrected chi connectivity index (χ1v) is 6.36. The van der Waals surface area contributed by atoms with Crippen molar-refractivity contribution in [3.8, 4) is 6.07 Å². The van der Waals surface area contributed by atoms with Crippen molar-refractivity contribution in [1.29, 1.82) is 5.26 Å². The summed E-state index contributed by atoms with van der Waals surface area (Å²) in [6.07, 6.45) is 1.51. The zero-order valence-corrected chi connectivity index (χ0v) is 11.8. The van der Waals surface area contributed by atoms with Gasteiger partial charge >= 0.3 is 0 Å². The molecule has 1 heterocycles. The zero-order chi connectivity index (χ0) is 15.4. The molecule has 0 spiro atoms. The Kier molecular flexibility index (Phi) is 4.14. The fourth-order valence-electron chi connectivity index (χ4n) is 2.11. The van der Waals surface area contributed by atoms with E-state index in [9.17, 15) is 10.1 Å². The number of pyridine rings is 1. The number of hydrogen-bond donors (Lipinski definition) is 1. The Bertz CT molecular complexity index is 735. The first-order chi connectivity index (χ1) is 10.0. The van der Waals surface area contributed by atoms with Crippen LogP contribution in [0, 0.1) is 35.3 Å². The van der Waals surface area contributed by atoms with Crippen LogP contribution in [0.4, 0.5) is 11.4 Å². The van der Waals surface area contributed by atoms with Crippen LogP contribution in [0.5, 0.6) is 0 Å². The average Bonchev–Trinajstić information content (AvgIpc) is 2.46. The predicted octanol–water partition coefficient (Wildman–Crippen LogP) is 3.09. The van der Waals surface area contributed by atoms with Gasteiger partial charge in [0, 0.05) is 17.4 Å². The van der Waals surface area contributed by atoms with Crippen LogP contribution in [0.15, 0.2) is 30.5 Å². The van der Waals surface area contributed by atoms with Crippen LogP contribution in [0.3, 0.4) is 0 Å². The highest BCUT2D eigenvalue weighted by Crippen LogP contribution is 2.24. The number of aromatic nitrogens is 1. The number of rotatable bonds is 4. The molecule has 0 radical (unpaired) electrons. The van der Waals surface area contributed by atoms with Gasteiger partial charge in [0.1, 0.15) is 0 Å². The van der Waals surface area contributed by atoms with E-state index in [1.165, 1.54) is 6.20 Å². The van der Waals surface area contributed by atoms with Crippen molar-refractivity contribution in [2.24, 2.45) is 0 Å². The van der Waals surface area contributed by atoms with Crippen LogP contribution >= 0.6 is 0 Å². The lowest BCUT2D eigenvalue weighted by Gasteiger charge is -2.10. The Morgan fingerprint density at radius 3 is 2.86 bits per heavy atom. The summed E-state index contributed by atoms with van der Waals surface area (Å²) in [5, 5.41) is 23.1. The van der Waals surface area contributed by atoms with Crippen molar-refractivity contribution in [2.45, 2.75) is 20.4 Å². The second-order valence-corrected chi connectivity index (χ2v) is 4.66. The molecule has 0 aliphatic heterocycles. The number of nitro groups is 1. The Balaban J connectivity index is 2.23. The molecule has 0 bridgehead atoms. The van der Waals surface area contributed by atoms with E-state index in [0.29, 0.717) is 28.9 Å². The largest absolute Gasteiger partial charge is 0.379 e. The normalized spacial score (nSPS) is 9.95. The maximum absolute atomic E-state index is 11.1. The molecule has 2 aromatic rings. The van der Waals surface area contributed by atoms with Gasteiger partial charge in [0.15, 0.2) is 0 Å². The maximum Gasteiger partial charge on any atom is 0.278 e. The van der Waals surface area contributed by atoms with E-state index in [0.717, 1.165) is 5.69 Å². The van der Waals surface area contributed by atoms with Crippen molar-refractivity contribution in [3.05, 3.63) is 63.0 Å². The lowest BCUT2D eigenvalue weighted by Crippen LogP contribution is -2.07. The summed E-state index contributed by atoms with van der Waals surface area (Å²) in [5.74, 6) is 0. The van der Waals surface area contributed by atoms with E-state index in [-0.39, 0.29) is 10.6 Å². The third kappa shape index (κ3) is 3.15. The fourth-order valence-corrected chi connectivity index (χ4v) is 2.11. The molecule has 1 aromatic carbocycles. The fraction of sp³-hybridized carbons (Fsp3) is 0.200. The van der Waals surface area contributed by atoms with Gasteiger partial charge in [0.2, 0.25) is 0 Å². The molecular weight excluding hydrogens is 268 g/mol. The number of benzene rings is 1. The van der Waals surface area contributed by atoms with Crippen LogP contribution in [0.25, 0.3) is 0 Å². The highest BCUT2D eigenvalue weighted by molar-refractivity contribution is 5.51. The Morgan fingerprint density at radius 2 is 2.19 bits per heavy atom. The summed E-state index contributed by atoms with van der Waals surface area (Å²) in [6.45, 7) is 3.73. The van der Waals surface area contributed by atoms with Crippen molar-refractivity contribution in [2.75, 3.05) is 5.32 Å². The molecule has 0 saturated heterocycles. The summed E-state index contributed by atoms with van der Waals surface area (Å²) in [5.41, 5.74) is 3.16. The molecule has 6 heteroatoms. The molecule has 0 unspecified atom stereocenters. The molecule has 0 amide bonds. The van der Waals surface area contributed by atoms with E-state index >= 15 is 0 Å². The van der Waals surface area contributed by atoms with Crippen LogP contribution in [-0.2, 0) is 6.54 Å². The molecule has 1 aromatic heterocycles. The van der Waals surface area contributed by atoms with Gasteiger partial charge in [-0.1, -0.05) is 6.07 Å². The number of nitrogens with zero attached hydrogens (tertiary/aromatic N) is 3. The molecule has 6 nitrogen and oxygen atoms in total. The Labute approximate surface area is 122 Å². The minimum Gasteiger partial charge on any atom is -0.379 e. The topological polar surface area (TPSA) is 91.8 Å². The zero-order valence-electron chi connectivity index (χ0n) is 11.8. The van der Waals surface area contributed by atoms with Crippen molar-refractivity contribution in [3.63, 3.8) is 0 Å². The SMILES string of the molecule is Cc1cnc(CNc2cccc(C#N)c2)c(C)c1[N+](=O)[O-]. The van der Waals surface area contributed by atoms with Crippen LogP contribution in [0.1, 0.15) is 22.4 Å². The van der Waals surface area contributed by atoms with E-state index in [1.807, 2.05) is 6.07 Å². The van der Waals surface area contributed by atoms with Crippen molar-refractivity contribution < 1.29 is 4.92 Å². The molecule has 0 aliphatic carbocycles. The van der Waals surface area contributed by atoms with Crippen LogP contribution in [-0.4, -0.2) is 9.91 Å². The number of aryl methyl sites for hydroxylation is 1. The number of hydrogen-bond acceptors (Lipinski definition) is 5. The second kappa shape index (κ2) is 6.01. The first-order valence-electron chi connectivity index (χ1n) is 6.36. The van der Waals surface area contributed by atoms with Gasteiger partial charge in [0.05, 0.1) is 34.4 Å². The van der Waals surface area contributed by atoms with Crippen molar-refractivity contribution in [1.82, 2.24) is 4.98 Å². The lowest BCUT2D eigenvalue weighted by atomic mass is 10.1. The number of nitrogens with one attached hydrogen (secondary N) is 1. The summed E-state index contributed by atoms with van der Waals surface area (Å²) >= 11 is 0. The lowest BCUT2D eigenvalue weighted by molar-refractivity contribution is -0.386. The maximum atomic E-state index is 11.1. The van der Waals surface area contributed by atoms with Crippen LogP contribution in [0.2, 0.25) is 0 Å². The number of nitriles is 1. The smallest absolute Gasteiger partial charge is 0.278 e. The summed E-state index contributed by atoms with van der Waals surface area (Å²) in [4.78, 5) is 14.9. The molecule has 0 fully saturated rings. The monoisotopic (exact) mass is 282 g/mol. The van der Waals surface area contributed by atoms with E-state index in [2.05, 4.69) is 16.4 Å². The molecule has 2 rings (SSSR count). The van der Waals surface area contributed by atoms with Gasteiger partial charge in [-0.3, -0.25) is 15.1 Å². The minimum absolute atomic E-state index is 0.104. The van der Waals surface area contributed by atoms with Gasteiger partial charge in [-0.2, -0.15) is 5.26 Å². The molecular formula is C15H14N4O2. The van der Waals surface area contributed by atoms with Gasteiger partial charge < -0.3 is 5.32 Å². The first kappa shape index (κ1) is 14.5. The quantitative estimate of drug-likeness (QED) is 0.687. The Morgan fingerprint density at radius 1 is 1.43 bits per heavy atom. The van der Waals surface area contributed by atoms with Gasteiger partial charge in [0.25, 0.3) is 5.69 Å². The minimum atomic E-state index is -0.383. The second-order valence-electron chi connectivity index (χ2n) is 4.66. The standard InChI is InChI=1S/C15H14N4O2/c1-10-8-18-14(11(2)15(10)19(20)21)9-17-13-5-3-4-12(6-13)7-16/h3-6,8,17H,9H2,1-2H3. The molecule has 0 atom stereocenters. The molecule has 106 valence electrons. The number of anilines is 1. The molecule has 21 heavy (non-hydrogen) atoms. The summed E-state index contributed by atoms with van der Waals surface area (Å²) in [6, 6.07) is 9.11.